The highest BCUT2D eigenvalue weighted by atomic mass is 16.5. The Kier molecular flexibility index (Phi) is 7.46. The summed E-state index contributed by atoms with van der Waals surface area (Å²) in [5, 5.41) is 0. The number of nitrogens with zero attached hydrogens (tertiary/aromatic N) is 2. The normalized spacial score (nSPS) is 17.0. The summed E-state index contributed by atoms with van der Waals surface area (Å²) in [5.41, 5.74) is 8.72. The maximum Gasteiger partial charge on any atom is 0.236 e. The first kappa shape index (κ1) is 21.8. The monoisotopic (exact) mass is 409 g/mol. The first-order valence-corrected chi connectivity index (χ1v) is 10.6. The van der Waals surface area contributed by atoms with Gasteiger partial charge in [0.2, 0.25) is 11.8 Å². The maximum atomic E-state index is 13.3. The van der Waals surface area contributed by atoms with E-state index in [9.17, 15) is 9.59 Å². The molecule has 1 aliphatic heterocycles. The number of carbonyl (C=O) groups is 2. The fourth-order valence-corrected chi connectivity index (χ4v) is 4.14. The lowest BCUT2D eigenvalue weighted by Gasteiger charge is -2.24. The maximum absolute atomic E-state index is 13.3. The second-order valence-corrected chi connectivity index (χ2v) is 7.63. The Balaban J connectivity index is 1.94. The van der Waals surface area contributed by atoms with Gasteiger partial charge >= 0.3 is 0 Å². The average molecular weight is 410 g/mol. The number of hydrogen-bond acceptors (Lipinski definition) is 4. The lowest BCUT2D eigenvalue weighted by atomic mass is 9.91. The SMILES string of the molecule is CCCN1CCN(C(=O)CN)CC(Cc2ccccc2-c2ccccc2OC)C1=O. The molecule has 1 atom stereocenters. The third-order valence-electron chi connectivity index (χ3n) is 5.64. The molecular formula is C24H31N3O3. The molecule has 30 heavy (non-hydrogen) atoms. The van der Waals surface area contributed by atoms with Crippen molar-refractivity contribution in [1.29, 1.82) is 0 Å². The van der Waals surface area contributed by atoms with Gasteiger partial charge in [-0.2, -0.15) is 0 Å². The fraction of sp³-hybridized carbons (Fsp3) is 0.417. The van der Waals surface area contributed by atoms with Crippen LogP contribution in [0.15, 0.2) is 48.5 Å². The fourth-order valence-electron chi connectivity index (χ4n) is 4.14. The van der Waals surface area contributed by atoms with E-state index in [-0.39, 0.29) is 24.3 Å². The molecule has 1 saturated heterocycles. The molecule has 2 aromatic carbocycles. The van der Waals surface area contributed by atoms with Gasteiger partial charge in [0.15, 0.2) is 0 Å². The number of nitrogens with two attached hydrogens (primary N) is 1. The first-order valence-electron chi connectivity index (χ1n) is 10.6. The Hall–Kier alpha value is -2.86. The largest absolute Gasteiger partial charge is 0.496 e. The van der Waals surface area contributed by atoms with Crippen LogP contribution in [0.5, 0.6) is 5.75 Å². The van der Waals surface area contributed by atoms with Crippen molar-refractivity contribution in [3.63, 3.8) is 0 Å². The van der Waals surface area contributed by atoms with Crippen LogP contribution < -0.4 is 10.5 Å². The highest BCUT2D eigenvalue weighted by Crippen LogP contribution is 2.33. The van der Waals surface area contributed by atoms with E-state index in [0.717, 1.165) is 28.9 Å². The number of benzene rings is 2. The molecule has 1 unspecified atom stereocenters. The zero-order chi connectivity index (χ0) is 21.5. The molecule has 1 heterocycles. The number of amides is 2. The number of ether oxygens (including phenoxy) is 1. The average Bonchev–Trinajstić information content (AvgIpc) is 2.93. The number of carbonyl (C=O) groups excluding carboxylic acids is 2. The molecule has 0 bridgehead atoms. The zero-order valence-corrected chi connectivity index (χ0v) is 17.8. The van der Waals surface area contributed by atoms with E-state index >= 15 is 0 Å². The summed E-state index contributed by atoms with van der Waals surface area (Å²) in [6, 6.07) is 16.0. The third kappa shape index (κ3) is 4.82. The van der Waals surface area contributed by atoms with E-state index < -0.39 is 0 Å². The van der Waals surface area contributed by atoms with Crippen LogP contribution in [0.2, 0.25) is 0 Å². The molecule has 3 rings (SSSR count). The Labute approximate surface area is 178 Å². The van der Waals surface area contributed by atoms with Gasteiger partial charge in [0.25, 0.3) is 0 Å². The van der Waals surface area contributed by atoms with Gasteiger partial charge in [0.1, 0.15) is 5.75 Å². The van der Waals surface area contributed by atoms with Gasteiger partial charge in [-0.05, 0) is 30.0 Å². The smallest absolute Gasteiger partial charge is 0.236 e. The van der Waals surface area contributed by atoms with Crippen molar-refractivity contribution in [3.8, 4) is 16.9 Å². The molecule has 160 valence electrons. The van der Waals surface area contributed by atoms with E-state index in [2.05, 4.69) is 19.1 Å². The van der Waals surface area contributed by atoms with Crippen molar-refractivity contribution in [2.45, 2.75) is 19.8 Å². The zero-order valence-electron chi connectivity index (χ0n) is 17.8. The summed E-state index contributed by atoms with van der Waals surface area (Å²) in [6.07, 6.45) is 1.45. The molecule has 0 saturated carbocycles. The molecule has 6 nitrogen and oxygen atoms in total. The molecule has 0 radical (unpaired) electrons. The van der Waals surface area contributed by atoms with Crippen molar-refractivity contribution < 1.29 is 14.3 Å². The number of para-hydroxylation sites is 1. The van der Waals surface area contributed by atoms with E-state index in [4.69, 9.17) is 10.5 Å². The van der Waals surface area contributed by atoms with Gasteiger partial charge in [-0.1, -0.05) is 49.4 Å². The van der Waals surface area contributed by atoms with Crippen LogP contribution in [0.3, 0.4) is 0 Å². The lowest BCUT2D eigenvalue weighted by molar-refractivity contribution is -0.134. The van der Waals surface area contributed by atoms with Crippen molar-refractivity contribution in [3.05, 3.63) is 54.1 Å². The lowest BCUT2D eigenvalue weighted by Crippen LogP contribution is -2.40. The van der Waals surface area contributed by atoms with E-state index in [0.29, 0.717) is 32.6 Å². The topological polar surface area (TPSA) is 75.9 Å². The van der Waals surface area contributed by atoms with Crippen molar-refractivity contribution in [1.82, 2.24) is 9.80 Å². The van der Waals surface area contributed by atoms with Crippen molar-refractivity contribution in [2.24, 2.45) is 11.7 Å². The molecule has 1 aliphatic rings. The van der Waals surface area contributed by atoms with Crippen molar-refractivity contribution >= 4 is 11.8 Å². The number of methoxy groups -OCH3 is 1. The van der Waals surface area contributed by atoms with Crippen LogP contribution in [0.25, 0.3) is 11.1 Å². The summed E-state index contributed by atoms with van der Waals surface area (Å²) in [5.74, 6) is 0.498. The van der Waals surface area contributed by atoms with E-state index in [1.165, 1.54) is 0 Å². The molecule has 0 spiro atoms. The molecular weight excluding hydrogens is 378 g/mol. The predicted octanol–water partition coefficient (Wildman–Crippen LogP) is 2.56. The summed E-state index contributed by atoms with van der Waals surface area (Å²) in [7, 11) is 1.66. The number of hydrogen-bond donors (Lipinski definition) is 1. The molecule has 2 aromatic rings. The van der Waals surface area contributed by atoms with E-state index in [1.807, 2.05) is 41.3 Å². The summed E-state index contributed by atoms with van der Waals surface area (Å²) in [6.45, 7) is 4.22. The summed E-state index contributed by atoms with van der Waals surface area (Å²) in [4.78, 5) is 29.2. The van der Waals surface area contributed by atoms with Crippen LogP contribution in [0, 0.1) is 5.92 Å². The second-order valence-electron chi connectivity index (χ2n) is 7.63. The van der Waals surface area contributed by atoms with Gasteiger partial charge in [-0.15, -0.1) is 0 Å². The Morgan fingerprint density at radius 2 is 1.80 bits per heavy atom. The van der Waals surface area contributed by atoms with Gasteiger partial charge in [0, 0.05) is 31.7 Å². The van der Waals surface area contributed by atoms with Crippen LogP contribution in [-0.4, -0.2) is 61.4 Å². The number of rotatable bonds is 7. The molecule has 6 heteroatoms. The third-order valence-corrected chi connectivity index (χ3v) is 5.64. The van der Waals surface area contributed by atoms with Gasteiger partial charge in [0.05, 0.1) is 19.6 Å². The van der Waals surface area contributed by atoms with Gasteiger partial charge in [-0.25, -0.2) is 0 Å². The first-order chi connectivity index (χ1) is 14.6. The van der Waals surface area contributed by atoms with Crippen LogP contribution in [-0.2, 0) is 16.0 Å². The molecule has 1 fully saturated rings. The highest BCUT2D eigenvalue weighted by Gasteiger charge is 2.32. The van der Waals surface area contributed by atoms with Crippen LogP contribution in [0.1, 0.15) is 18.9 Å². The standard InChI is InChI=1S/C24H31N3O3/c1-3-12-26-13-14-27(23(28)16-25)17-19(24(26)29)15-18-8-4-5-9-20(18)21-10-6-7-11-22(21)30-2/h4-11,19H,3,12-17,25H2,1-2H3. The minimum atomic E-state index is -0.301. The molecule has 2 amide bonds. The highest BCUT2D eigenvalue weighted by molar-refractivity contribution is 5.83. The quantitative estimate of drug-likeness (QED) is 0.763. The van der Waals surface area contributed by atoms with Crippen molar-refractivity contribution in [2.75, 3.05) is 39.8 Å². The van der Waals surface area contributed by atoms with Crippen LogP contribution >= 0.6 is 0 Å². The van der Waals surface area contributed by atoms with Gasteiger partial charge < -0.3 is 20.3 Å². The minimum Gasteiger partial charge on any atom is -0.496 e. The van der Waals surface area contributed by atoms with Gasteiger partial charge in [-0.3, -0.25) is 9.59 Å². The Morgan fingerprint density at radius 3 is 2.50 bits per heavy atom. The second kappa shape index (κ2) is 10.3. The minimum absolute atomic E-state index is 0.0352. The van der Waals surface area contributed by atoms with E-state index in [1.54, 1.807) is 12.0 Å². The molecule has 0 aliphatic carbocycles. The predicted molar refractivity (Wildman–Crippen MR) is 118 cm³/mol. The Bertz CT molecular complexity index is 884. The van der Waals surface area contributed by atoms with Crippen LogP contribution in [0.4, 0.5) is 0 Å². The Morgan fingerprint density at radius 1 is 1.10 bits per heavy atom. The summed E-state index contributed by atoms with van der Waals surface area (Å²) < 4.78 is 5.56. The molecule has 2 N–H and O–H groups in total. The summed E-state index contributed by atoms with van der Waals surface area (Å²) >= 11 is 0. The molecule has 0 aromatic heterocycles.